The van der Waals surface area contributed by atoms with Crippen LogP contribution in [0.5, 0.6) is 17.2 Å². The molecule has 0 unspecified atom stereocenters. The molecule has 0 amide bonds. The molecular formula is C24H21F2N3O3S. The summed E-state index contributed by atoms with van der Waals surface area (Å²) in [4.78, 5) is 0. The van der Waals surface area contributed by atoms with E-state index >= 15 is 0 Å². The average molecular weight is 470 g/mol. The number of ether oxygens (including phenoxy) is 3. The molecule has 0 aliphatic carbocycles. The summed E-state index contributed by atoms with van der Waals surface area (Å²) >= 11 is 1.37. The lowest BCUT2D eigenvalue weighted by Crippen LogP contribution is -2.01. The molecule has 0 radical (unpaired) electrons. The van der Waals surface area contributed by atoms with E-state index < -0.39 is 11.6 Å². The fourth-order valence-electron chi connectivity index (χ4n) is 3.27. The molecule has 0 spiro atoms. The Balaban J connectivity index is 1.75. The molecule has 4 aromatic rings. The van der Waals surface area contributed by atoms with Crippen LogP contribution in [0.15, 0.2) is 65.8 Å². The van der Waals surface area contributed by atoms with Crippen LogP contribution in [0.2, 0.25) is 0 Å². The highest BCUT2D eigenvalue weighted by atomic mass is 32.2. The molecule has 9 heteroatoms. The largest absolute Gasteiger partial charge is 0.497 e. The van der Waals surface area contributed by atoms with E-state index in [0.29, 0.717) is 33.8 Å². The van der Waals surface area contributed by atoms with Crippen molar-refractivity contribution in [2.45, 2.75) is 10.9 Å². The zero-order valence-electron chi connectivity index (χ0n) is 18.2. The van der Waals surface area contributed by atoms with E-state index in [1.165, 1.54) is 17.8 Å². The van der Waals surface area contributed by atoms with Crippen molar-refractivity contribution < 1.29 is 23.0 Å². The van der Waals surface area contributed by atoms with E-state index in [2.05, 4.69) is 10.2 Å². The van der Waals surface area contributed by atoms with Gasteiger partial charge in [0.05, 0.1) is 21.3 Å². The molecule has 6 nitrogen and oxygen atoms in total. The predicted octanol–water partition coefficient (Wildman–Crippen LogP) is 5.53. The highest BCUT2D eigenvalue weighted by Crippen LogP contribution is 2.35. The van der Waals surface area contributed by atoms with Crippen molar-refractivity contribution in [2.24, 2.45) is 0 Å². The molecule has 33 heavy (non-hydrogen) atoms. The summed E-state index contributed by atoms with van der Waals surface area (Å²) in [5.41, 5.74) is 2.23. The number of thioether (sulfide) groups is 1. The van der Waals surface area contributed by atoms with E-state index in [0.717, 1.165) is 23.1 Å². The first-order valence-electron chi connectivity index (χ1n) is 9.93. The minimum atomic E-state index is -0.879. The van der Waals surface area contributed by atoms with Crippen molar-refractivity contribution in [1.82, 2.24) is 14.8 Å². The average Bonchev–Trinajstić information content (AvgIpc) is 3.28. The molecule has 0 saturated carbocycles. The van der Waals surface area contributed by atoms with Gasteiger partial charge in [0, 0.05) is 17.0 Å². The second-order valence-electron chi connectivity index (χ2n) is 6.95. The van der Waals surface area contributed by atoms with E-state index in [-0.39, 0.29) is 0 Å². The van der Waals surface area contributed by atoms with Crippen LogP contribution in [0.4, 0.5) is 8.78 Å². The van der Waals surface area contributed by atoms with E-state index in [9.17, 15) is 8.78 Å². The van der Waals surface area contributed by atoms with Crippen LogP contribution in [0, 0.1) is 11.6 Å². The minimum absolute atomic E-state index is 0.386. The van der Waals surface area contributed by atoms with Crippen molar-refractivity contribution in [2.75, 3.05) is 21.3 Å². The van der Waals surface area contributed by atoms with Gasteiger partial charge in [-0.25, -0.2) is 8.78 Å². The number of rotatable bonds is 8. The quantitative estimate of drug-likeness (QED) is 0.316. The molecule has 0 atom stereocenters. The summed E-state index contributed by atoms with van der Waals surface area (Å²) in [7, 11) is 4.75. The molecule has 0 saturated heterocycles. The second-order valence-corrected chi connectivity index (χ2v) is 7.89. The predicted molar refractivity (Wildman–Crippen MR) is 122 cm³/mol. The number of benzene rings is 3. The molecule has 0 fully saturated rings. The third-order valence-electron chi connectivity index (χ3n) is 4.96. The Kier molecular flexibility index (Phi) is 6.79. The molecule has 0 bridgehead atoms. The van der Waals surface area contributed by atoms with Gasteiger partial charge in [-0.3, -0.25) is 4.57 Å². The topological polar surface area (TPSA) is 58.4 Å². The molecule has 0 aliphatic heterocycles. The maximum absolute atomic E-state index is 13.6. The number of nitrogens with zero attached hydrogens (tertiary/aromatic N) is 3. The lowest BCUT2D eigenvalue weighted by molar-refractivity contribution is 0.355. The van der Waals surface area contributed by atoms with Gasteiger partial charge in [-0.2, -0.15) is 0 Å². The maximum Gasteiger partial charge on any atom is 0.196 e. The van der Waals surface area contributed by atoms with Gasteiger partial charge in [-0.15, -0.1) is 10.2 Å². The molecule has 1 aromatic heterocycles. The van der Waals surface area contributed by atoms with Crippen molar-refractivity contribution in [1.29, 1.82) is 0 Å². The molecular weight excluding hydrogens is 448 g/mol. The molecule has 170 valence electrons. The van der Waals surface area contributed by atoms with Crippen LogP contribution in [0.25, 0.3) is 17.1 Å². The molecule has 4 rings (SSSR count). The Hall–Kier alpha value is -3.59. The zero-order chi connectivity index (χ0) is 23.4. The number of hydrogen-bond donors (Lipinski definition) is 0. The maximum atomic E-state index is 13.6. The van der Waals surface area contributed by atoms with Crippen LogP contribution in [-0.2, 0) is 5.75 Å². The summed E-state index contributed by atoms with van der Waals surface area (Å²) in [6, 6.07) is 16.8. The standard InChI is InChI=1S/C24H21F2N3O3S/c1-30-18-8-6-17(7-9-18)29-23(16-5-11-21(31-2)22(13-16)32-3)27-28-24(29)33-14-15-4-10-19(25)20(26)12-15/h4-13H,14H2,1-3H3. The van der Waals surface area contributed by atoms with Crippen LogP contribution in [-0.4, -0.2) is 36.1 Å². The normalized spacial score (nSPS) is 10.8. The third kappa shape index (κ3) is 4.78. The summed E-state index contributed by atoms with van der Waals surface area (Å²) < 4.78 is 44.8. The number of methoxy groups -OCH3 is 3. The van der Waals surface area contributed by atoms with Gasteiger partial charge in [0.25, 0.3) is 0 Å². The SMILES string of the molecule is COc1ccc(-n2c(SCc3ccc(F)c(F)c3)nnc2-c2ccc(OC)c(OC)c2)cc1. The smallest absolute Gasteiger partial charge is 0.196 e. The molecule has 1 heterocycles. The summed E-state index contributed by atoms with van der Waals surface area (Å²) in [6.07, 6.45) is 0. The van der Waals surface area contributed by atoms with E-state index in [1.807, 2.05) is 41.0 Å². The highest BCUT2D eigenvalue weighted by Gasteiger charge is 2.18. The molecule has 3 aromatic carbocycles. The van der Waals surface area contributed by atoms with Gasteiger partial charge in [-0.05, 0) is 60.2 Å². The summed E-state index contributed by atoms with van der Waals surface area (Å²) in [5.74, 6) is 1.11. The van der Waals surface area contributed by atoms with E-state index in [1.54, 1.807) is 33.5 Å². The van der Waals surface area contributed by atoms with E-state index in [4.69, 9.17) is 14.2 Å². The van der Waals surface area contributed by atoms with Gasteiger partial charge >= 0.3 is 0 Å². The van der Waals surface area contributed by atoms with Gasteiger partial charge in [-0.1, -0.05) is 17.8 Å². The zero-order valence-corrected chi connectivity index (χ0v) is 19.0. The van der Waals surface area contributed by atoms with Gasteiger partial charge < -0.3 is 14.2 Å². The van der Waals surface area contributed by atoms with Gasteiger partial charge in [0.1, 0.15) is 5.75 Å². The van der Waals surface area contributed by atoms with Crippen LogP contribution < -0.4 is 14.2 Å². The Morgan fingerprint density at radius 1 is 0.788 bits per heavy atom. The summed E-state index contributed by atoms with van der Waals surface area (Å²) in [6.45, 7) is 0. The fraction of sp³-hybridized carbons (Fsp3) is 0.167. The van der Waals surface area contributed by atoms with Crippen LogP contribution in [0.3, 0.4) is 0 Å². The van der Waals surface area contributed by atoms with Crippen LogP contribution >= 0.6 is 11.8 Å². The Morgan fingerprint density at radius 2 is 1.55 bits per heavy atom. The van der Waals surface area contributed by atoms with Crippen molar-refractivity contribution >= 4 is 11.8 Å². The van der Waals surface area contributed by atoms with Crippen molar-refractivity contribution in [3.8, 4) is 34.3 Å². The highest BCUT2D eigenvalue weighted by molar-refractivity contribution is 7.98. The van der Waals surface area contributed by atoms with Gasteiger partial charge in [0.15, 0.2) is 34.1 Å². The second kappa shape index (κ2) is 9.91. The van der Waals surface area contributed by atoms with Gasteiger partial charge in [0.2, 0.25) is 0 Å². The Morgan fingerprint density at radius 3 is 2.21 bits per heavy atom. The molecule has 0 aliphatic rings. The Labute approximate surface area is 194 Å². The lowest BCUT2D eigenvalue weighted by atomic mass is 10.2. The lowest BCUT2D eigenvalue weighted by Gasteiger charge is -2.13. The third-order valence-corrected chi connectivity index (χ3v) is 5.96. The summed E-state index contributed by atoms with van der Waals surface area (Å²) in [5, 5.41) is 9.37. The minimum Gasteiger partial charge on any atom is -0.497 e. The van der Waals surface area contributed by atoms with Crippen molar-refractivity contribution in [3.63, 3.8) is 0 Å². The Bertz CT molecular complexity index is 1260. The first-order valence-corrected chi connectivity index (χ1v) is 10.9. The van der Waals surface area contributed by atoms with Crippen molar-refractivity contribution in [3.05, 3.63) is 77.9 Å². The van der Waals surface area contributed by atoms with Crippen LogP contribution in [0.1, 0.15) is 5.56 Å². The first kappa shape index (κ1) is 22.6. The first-order chi connectivity index (χ1) is 16.0. The number of aromatic nitrogens is 3. The fourth-order valence-corrected chi connectivity index (χ4v) is 4.16. The monoisotopic (exact) mass is 469 g/mol. The number of hydrogen-bond acceptors (Lipinski definition) is 6. The number of halogens is 2. The molecule has 0 N–H and O–H groups in total.